The molecule has 0 spiro atoms. The average molecular weight is 716 g/mol. The highest BCUT2D eigenvalue weighted by Gasteiger charge is 2.62. The van der Waals surface area contributed by atoms with E-state index in [1.807, 2.05) is 51.1 Å². The van der Waals surface area contributed by atoms with Gasteiger partial charge in [-0.3, -0.25) is 19.3 Å². The van der Waals surface area contributed by atoms with Crippen molar-refractivity contribution in [2.75, 3.05) is 19.3 Å². The summed E-state index contributed by atoms with van der Waals surface area (Å²) in [5, 5.41) is 22.9. The lowest BCUT2D eigenvalue weighted by molar-refractivity contribution is -0.133. The summed E-state index contributed by atoms with van der Waals surface area (Å²) in [7, 11) is -3.86. The van der Waals surface area contributed by atoms with Crippen LogP contribution in [0.25, 0.3) is 0 Å². The van der Waals surface area contributed by atoms with Gasteiger partial charge in [0, 0.05) is 41.9 Å². The van der Waals surface area contributed by atoms with E-state index in [2.05, 4.69) is 25.8 Å². The number of aliphatic hydroxyl groups excluding tert-OH is 1. The Hall–Kier alpha value is -2.87. The number of nitrogens with zero attached hydrogens (tertiary/aromatic N) is 2. The number of aromatic nitrogens is 1. The first kappa shape index (κ1) is 37.4. The van der Waals surface area contributed by atoms with Crippen LogP contribution >= 0.6 is 11.3 Å². The summed E-state index contributed by atoms with van der Waals surface area (Å²) < 4.78 is 24.4. The van der Waals surface area contributed by atoms with Gasteiger partial charge in [-0.15, -0.1) is 11.3 Å². The molecule has 5 rings (SSSR count). The second-order valence-corrected chi connectivity index (χ2v) is 19.5. The predicted octanol–water partition coefficient (Wildman–Crippen LogP) is 3.57. The monoisotopic (exact) mass is 715 g/mol. The fraction of sp³-hybridized carbons (Fsp3) is 0.667. The molecule has 1 saturated heterocycles. The zero-order valence-corrected chi connectivity index (χ0v) is 31.4. The van der Waals surface area contributed by atoms with Crippen molar-refractivity contribution in [3.05, 3.63) is 52.0 Å². The number of likely N-dealkylation sites (tertiary alicyclic amines) is 1. The fourth-order valence-corrected chi connectivity index (χ4v) is 8.99. The highest BCUT2D eigenvalue weighted by molar-refractivity contribution is 7.92. The molecule has 0 bridgehead atoms. The van der Waals surface area contributed by atoms with Gasteiger partial charge in [0.15, 0.2) is 14.8 Å². The van der Waals surface area contributed by atoms with E-state index in [4.69, 9.17) is 0 Å². The maximum atomic E-state index is 14.4. The van der Waals surface area contributed by atoms with E-state index in [0.29, 0.717) is 36.9 Å². The Morgan fingerprint density at radius 2 is 1.73 bits per heavy atom. The Morgan fingerprint density at radius 1 is 1.08 bits per heavy atom. The van der Waals surface area contributed by atoms with E-state index in [1.165, 1.54) is 13.8 Å². The molecule has 1 aliphatic heterocycles. The number of aryl methyl sites for hydroxylation is 1. The van der Waals surface area contributed by atoms with Crippen LogP contribution in [0.4, 0.5) is 0 Å². The number of fused-ring (bicyclic) bond motifs is 1. The minimum absolute atomic E-state index is 0.0627. The molecule has 0 unspecified atom stereocenters. The number of carbonyl (C=O) groups is 3. The van der Waals surface area contributed by atoms with Crippen molar-refractivity contribution in [2.24, 2.45) is 11.8 Å². The molecule has 4 N–H and O–H groups in total. The lowest BCUT2D eigenvalue weighted by atomic mass is 9.72. The third-order valence-electron chi connectivity index (χ3n) is 10.9. The Labute approximate surface area is 294 Å². The minimum Gasteiger partial charge on any atom is -0.389 e. The van der Waals surface area contributed by atoms with Crippen molar-refractivity contribution in [3.63, 3.8) is 0 Å². The average Bonchev–Trinajstić information content (AvgIpc) is 3.58. The first-order valence-electron chi connectivity index (χ1n) is 17.4. The first-order valence-corrected chi connectivity index (χ1v) is 20.1. The number of benzene rings is 1. The zero-order valence-electron chi connectivity index (χ0n) is 29.8. The van der Waals surface area contributed by atoms with Crippen LogP contribution in [-0.2, 0) is 19.4 Å². The van der Waals surface area contributed by atoms with Gasteiger partial charge in [-0.25, -0.2) is 13.4 Å². The van der Waals surface area contributed by atoms with Gasteiger partial charge in [0.25, 0.3) is 5.91 Å². The molecule has 3 fully saturated rings. The van der Waals surface area contributed by atoms with E-state index in [1.54, 1.807) is 12.3 Å². The molecular formula is C36H53N5O6S2. The van der Waals surface area contributed by atoms with Gasteiger partial charge in [-0.05, 0) is 78.2 Å². The molecule has 3 amide bonds. The molecule has 3 aliphatic rings. The van der Waals surface area contributed by atoms with Crippen molar-refractivity contribution < 1.29 is 27.9 Å². The first-order chi connectivity index (χ1) is 22.8. The number of aliphatic hydroxyl groups is 1. The molecule has 1 aromatic carbocycles. The van der Waals surface area contributed by atoms with Crippen LogP contribution in [0.15, 0.2) is 35.7 Å². The number of nitrogens with one attached hydrogen (secondary N) is 3. The molecule has 1 aromatic heterocycles. The van der Waals surface area contributed by atoms with Crippen LogP contribution in [0, 0.1) is 18.8 Å². The fourth-order valence-electron chi connectivity index (χ4n) is 7.70. The molecule has 49 heavy (non-hydrogen) atoms. The summed E-state index contributed by atoms with van der Waals surface area (Å²) in [4.78, 5) is 47.7. The van der Waals surface area contributed by atoms with Gasteiger partial charge in [-0.2, -0.15) is 0 Å². The van der Waals surface area contributed by atoms with E-state index >= 15 is 0 Å². The molecule has 270 valence electrons. The van der Waals surface area contributed by atoms with E-state index in [9.17, 15) is 27.9 Å². The van der Waals surface area contributed by atoms with Crippen molar-refractivity contribution in [2.45, 2.75) is 120 Å². The van der Waals surface area contributed by atoms with Gasteiger partial charge < -0.3 is 21.1 Å². The molecule has 13 heteroatoms. The number of piperidine rings is 1. The Kier molecular flexibility index (Phi) is 10.7. The van der Waals surface area contributed by atoms with Crippen LogP contribution in [0.3, 0.4) is 0 Å². The molecule has 11 nitrogen and oxygen atoms in total. The smallest absolute Gasteiger partial charge is 0.280 e. The minimum atomic E-state index is -3.86. The summed E-state index contributed by atoms with van der Waals surface area (Å²) in [5.41, 5.74) is -0.00799. The van der Waals surface area contributed by atoms with E-state index in [0.717, 1.165) is 48.8 Å². The summed E-state index contributed by atoms with van der Waals surface area (Å²) >= 11 is 1.11. The highest BCUT2D eigenvalue weighted by atomic mass is 32.2. The number of amides is 3. The molecule has 2 heterocycles. The van der Waals surface area contributed by atoms with Crippen LogP contribution in [0.5, 0.6) is 0 Å². The number of hydrogen-bond acceptors (Lipinski definition) is 9. The third kappa shape index (κ3) is 8.21. The second kappa shape index (κ2) is 14.0. The van der Waals surface area contributed by atoms with Gasteiger partial charge >= 0.3 is 0 Å². The normalized spacial score (nSPS) is 27.3. The summed E-state index contributed by atoms with van der Waals surface area (Å²) in [6, 6.07) is 7.69. The van der Waals surface area contributed by atoms with E-state index < -0.39 is 55.7 Å². The van der Waals surface area contributed by atoms with E-state index in [-0.39, 0.29) is 23.4 Å². The molecular weight excluding hydrogens is 663 g/mol. The molecule has 2 aliphatic carbocycles. The third-order valence-corrected chi connectivity index (χ3v) is 14.0. The molecule has 2 saturated carbocycles. The van der Waals surface area contributed by atoms with Crippen molar-refractivity contribution in [1.82, 2.24) is 25.8 Å². The van der Waals surface area contributed by atoms with Gasteiger partial charge in [0.05, 0.1) is 22.4 Å². The number of sulfone groups is 1. The topological polar surface area (TPSA) is 158 Å². The van der Waals surface area contributed by atoms with Gasteiger partial charge in [0.1, 0.15) is 6.04 Å². The van der Waals surface area contributed by atoms with Crippen LogP contribution in [-0.4, -0.2) is 94.5 Å². The van der Waals surface area contributed by atoms with Gasteiger partial charge in [0.2, 0.25) is 11.8 Å². The number of rotatable bonds is 11. The standard InChI is InChI=1S/C36H53N5O6S2/c1-22-21-48-33(37-22)32(45)38-29(35(5,6)49(7,46)47)31(44)40-36(18-26(36)23-13-9-8-10-14-23)28(42)20-41-19-25-16-12-11-15-24(25)17-27(41)30(43)39-34(2,3)4/h8-10,13-14,21,24-29,42H,11-12,15-20H2,1-7H3,(H,38,45)(H,39,43)(H,40,44)/t24-,25+,26+,27-,28+,29+,36+/m0/s1. The summed E-state index contributed by atoms with van der Waals surface area (Å²) in [6.45, 7) is 11.3. The lowest BCUT2D eigenvalue weighted by Crippen LogP contribution is -2.65. The molecule has 0 radical (unpaired) electrons. The molecule has 7 atom stereocenters. The number of hydrogen-bond donors (Lipinski definition) is 4. The summed E-state index contributed by atoms with van der Waals surface area (Å²) in [5.74, 6) is -0.799. The Morgan fingerprint density at radius 3 is 2.33 bits per heavy atom. The largest absolute Gasteiger partial charge is 0.389 e. The van der Waals surface area contributed by atoms with Crippen molar-refractivity contribution in [1.29, 1.82) is 0 Å². The quantitative estimate of drug-likeness (QED) is 0.275. The van der Waals surface area contributed by atoms with Gasteiger partial charge in [-0.1, -0.05) is 49.6 Å². The second-order valence-electron chi connectivity index (χ2n) is 16.0. The van der Waals surface area contributed by atoms with Crippen LogP contribution in [0.1, 0.15) is 100 Å². The predicted molar refractivity (Wildman–Crippen MR) is 191 cm³/mol. The van der Waals surface area contributed by atoms with Crippen molar-refractivity contribution >= 4 is 38.9 Å². The van der Waals surface area contributed by atoms with Crippen molar-refractivity contribution in [3.8, 4) is 0 Å². The maximum Gasteiger partial charge on any atom is 0.280 e. The lowest BCUT2D eigenvalue weighted by Gasteiger charge is -2.47. The van der Waals surface area contributed by atoms with Crippen LogP contribution in [0.2, 0.25) is 0 Å². The number of thiazole rings is 1. The highest BCUT2D eigenvalue weighted by Crippen LogP contribution is 2.54. The Bertz CT molecular complexity index is 1640. The maximum absolute atomic E-state index is 14.4. The van der Waals surface area contributed by atoms with Crippen LogP contribution < -0.4 is 16.0 Å². The summed E-state index contributed by atoms with van der Waals surface area (Å²) in [6.07, 6.45) is 5.57. The SMILES string of the molecule is Cc1csc(C(=O)N[C@H](C(=O)N[C@]2([C@H](O)CN3C[C@H]4CCCC[C@H]4C[C@H]3C(=O)NC(C)(C)C)C[C@@H]2c2ccccc2)C(C)(C)S(C)(=O)=O)n1. The molecule has 2 aromatic rings. The Balaban J connectivity index is 1.45. The zero-order chi connectivity index (χ0) is 35.9. The number of β-amino-alcohol motifs (C(OH)–C–C–N with tert-alkyl or cyclic N) is 1. The number of carbonyl (C=O) groups excluding carboxylic acids is 3.